The Morgan fingerprint density at radius 2 is 2.20 bits per heavy atom. The lowest BCUT2D eigenvalue weighted by Crippen LogP contribution is -2.34. The number of fused-ring (bicyclic) bond motifs is 1. The Bertz CT molecular complexity index is 841. The van der Waals surface area contributed by atoms with Gasteiger partial charge in [-0.2, -0.15) is 0 Å². The zero-order chi connectivity index (χ0) is 18.1. The molecule has 1 saturated heterocycles. The van der Waals surface area contributed by atoms with Crippen molar-refractivity contribution in [1.82, 2.24) is 10.3 Å². The summed E-state index contributed by atoms with van der Waals surface area (Å²) in [5.74, 6) is -1.80. The van der Waals surface area contributed by atoms with Gasteiger partial charge in [0.05, 0.1) is 13.2 Å². The molecule has 1 aromatic heterocycles. The molecule has 1 aromatic carbocycles. The number of pyridine rings is 1. The van der Waals surface area contributed by atoms with E-state index in [1.54, 1.807) is 13.0 Å². The molecular formula is C17H17FN2O5. The molecule has 8 heteroatoms. The van der Waals surface area contributed by atoms with Crippen LogP contribution < -0.4 is 14.8 Å². The van der Waals surface area contributed by atoms with Crippen LogP contribution in [0.25, 0.3) is 10.8 Å². The van der Waals surface area contributed by atoms with E-state index in [1.807, 2.05) is 0 Å². The number of aromatic nitrogens is 1. The zero-order valence-corrected chi connectivity index (χ0v) is 13.7. The lowest BCUT2D eigenvalue weighted by molar-refractivity contribution is -0.123. The van der Waals surface area contributed by atoms with Crippen molar-refractivity contribution >= 4 is 22.6 Å². The van der Waals surface area contributed by atoms with Crippen LogP contribution in [0.1, 0.15) is 17.3 Å². The monoisotopic (exact) mass is 348 g/mol. The summed E-state index contributed by atoms with van der Waals surface area (Å²) in [6.45, 7) is 1.69. The van der Waals surface area contributed by atoms with E-state index in [2.05, 4.69) is 10.3 Å². The Balaban J connectivity index is 1.89. The topological polar surface area (TPSA) is 97.8 Å². The average Bonchev–Trinajstić information content (AvgIpc) is 2.85. The van der Waals surface area contributed by atoms with Gasteiger partial charge in [0.1, 0.15) is 17.9 Å². The van der Waals surface area contributed by atoms with Crippen molar-refractivity contribution in [3.05, 3.63) is 30.0 Å². The minimum atomic E-state index is -1.55. The molecule has 2 N–H and O–H groups in total. The molecule has 0 unspecified atom stereocenters. The van der Waals surface area contributed by atoms with Crippen LogP contribution >= 0.6 is 0 Å². The lowest BCUT2D eigenvalue weighted by Gasteiger charge is -2.17. The molecule has 0 radical (unpaired) electrons. The molecule has 1 amide bonds. The van der Waals surface area contributed by atoms with Crippen LogP contribution in [-0.4, -0.2) is 47.9 Å². The molecule has 0 aliphatic carbocycles. The minimum Gasteiger partial charge on any atom is -0.496 e. The summed E-state index contributed by atoms with van der Waals surface area (Å²) in [6.07, 6.45) is -0.0583. The lowest BCUT2D eigenvalue weighted by atomic mass is 10.0. The Hall–Kier alpha value is -2.90. The number of carbonyl (C=O) groups is 2. The summed E-state index contributed by atoms with van der Waals surface area (Å²) in [6, 6.07) is 4.21. The third-order valence-electron chi connectivity index (χ3n) is 4.35. The van der Waals surface area contributed by atoms with Gasteiger partial charge in [-0.15, -0.1) is 0 Å². The fourth-order valence-electron chi connectivity index (χ4n) is 2.82. The number of aromatic carboxylic acids is 1. The zero-order valence-electron chi connectivity index (χ0n) is 13.7. The van der Waals surface area contributed by atoms with Gasteiger partial charge in [-0.3, -0.25) is 4.79 Å². The molecule has 7 nitrogen and oxygen atoms in total. The number of carbonyl (C=O) groups excluding carboxylic acids is 1. The molecule has 132 valence electrons. The third kappa shape index (κ3) is 3.07. The van der Waals surface area contributed by atoms with Crippen molar-refractivity contribution in [3.63, 3.8) is 0 Å². The summed E-state index contributed by atoms with van der Waals surface area (Å²) in [5, 5.41) is 13.0. The van der Waals surface area contributed by atoms with E-state index in [9.17, 15) is 19.1 Å². The van der Waals surface area contributed by atoms with E-state index >= 15 is 0 Å². The van der Waals surface area contributed by atoms with E-state index in [-0.39, 0.29) is 23.8 Å². The molecule has 1 aliphatic rings. The summed E-state index contributed by atoms with van der Waals surface area (Å²) in [7, 11) is 1.38. The summed E-state index contributed by atoms with van der Waals surface area (Å²) >= 11 is 0. The fraction of sp³-hybridized carbons (Fsp3) is 0.353. The number of ether oxygens (including phenoxy) is 2. The highest BCUT2D eigenvalue weighted by Crippen LogP contribution is 2.31. The maximum atomic E-state index is 13.6. The highest BCUT2D eigenvalue weighted by atomic mass is 19.1. The maximum Gasteiger partial charge on any atom is 0.339 e. The van der Waals surface area contributed by atoms with Crippen LogP contribution in [-0.2, 0) is 4.79 Å². The normalized spacial score (nSPS) is 22.7. The molecule has 2 aromatic rings. The van der Waals surface area contributed by atoms with Crippen LogP contribution in [0.4, 0.5) is 4.39 Å². The first kappa shape index (κ1) is 16.9. The van der Waals surface area contributed by atoms with E-state index in [0.717, 1.165) is 0 Å². The van der Waals surface area contributed by atoms with Crippen LogP contribution in [0.15, 0.2) is 24.4 Å². The molecule has 0 saturated carbocycles. The highest BCUT2D eigenvalue weighted by Gasteiger charge is 2.40. The van der Waals surface area contributed by atoms with Gasteiger partial charge in [0, 0.05) is 17.5 Å². The van der Waals surface area contributed by atoms with Gasteiger partial charge < -0.3 is 19.9 Å². The number of halogens is 1. The quantitative estimate of drug-likeness (QED) is 0.855. The largest absolute Gasteiger partial charge is 0.496 e. The molecular weight excluding hydrogens is 331 g/mol. The first-order valence-corrected chi connectivity index (χ1v) is 7.69. The van der Waals surface area contributed by atoms with E-state index < -0.39 is 30.0 Å². The Labute approximate surface area is 142 Å². The van der Waals surface area contributed by atoms with Crippen molar-refractivity contribution < 1.29 is 28.6 Å². The van der Waals surface area contributed by atoms with Crippen LogP contribution in [0.5, 0.6) is 11.6 Å². The maximum absolute atomic E-state index is 13.6. The van der Waals surface area contributed by atoms with Gasteiger partial charge in [0.2, 0.25) is 5.88 Å². The second kappa shape index (κ2) is 6.54. The number of hydrogen-bond donors (Lipinski definition) is 2. The summed E-state index contributed by atoms with van der Waals surface area (Å²) < 4.78 is 24.4. The van der Waals surface area contributed by atoms with Gasteiger partial charge in [0.25, 0.3) is 5.91 Å². The number of carboxylic acid groups (broad SMARTS) is 1. The number of benzene rings is 1. The van der Waals surface area contributed by atoms with Crippen molar-refractivity contribution in [2.75, 3.05) is 13.7 Å². The molecule has 25 heavy (non-hydrogen) atoms. The molecule has 3 atom stereocenters. The second-order valence-corrected chi connectivity index (χ2v) is 5.88. The van der Waals surface area contributed by atoms with Crippen LogP contribution in [0.3, 0.4) is 0 Å². The molecule has 2 heterocycles. The SMILES string of the molecule is COc1cc2c(OC[C@H]3NC(=O)[C@@H](F)[C@H]3C)nccc2cc1C(=O)O. The first-order valence-electron chi connectivity index (χ1n) is 7.69. The number of carboxylic acids is 1. The second-order valence-electron chi connectivity index (χ2n) is 5.88. The van der Waals surface area contributed by atoms with Crippen molar-refractivity contribution in [2.24, 2.45) is 5.92 Å². The Morgan fingerprint density at radius 3 is 2.80 bits per heavy atom. The van der Waals surface area contributed by atoms with E-state index in [0.29, 0.717) is 10.8 Å². The summed E-state index contributed by atoms with van der Waals surface area (Å²) in [4.78, 5) is 26.8. The number of alkyl halides is 1. The number of nitrogens with zero attached hydrogens (tertiary/aromatic N) is 1. The van der Waals surface area contributed by atoms with Gasteiger partial charge in [-0.25, -0.2) is 14.2 Å². The third-order valence-corrected chi connectivity index (χ3v) is 4.35. The smallest absolute Gasteiger partial charge is 0.339 e. The van der Waals surface area contributed by atoms with Gasteiger partial charge in [-0.05, 0) is 23.6 Å². The number of rotatable bonds is 5. The number of methoxy groups -OCH3 is 1. The summed E-state index contributed by atoms with van der Waals surface area (Å²) in [5.41, 5.74) is 0.0316. The standard InChI is InChI=1S/C17H17FN2O5/c1-8-12(20-15(21)14(8)18)7-25-16-10-6-13(24-2)11(17(22)23)5-9(10)3-4-19-16/h3-6,8,12,14H,7H2,1-2H3,(H,20,21)(H,22,23)/t8-,12+,14-/m0/s1. The van der Waals surface area contributed by atoms with Crippen LogP contribution in [0.2, 0.25) is 0 Å². The van der Waals surface area contributed by atoms with E-state index in [1.165, 1.54) is 25.4 Å². The first-order chi connectivity index (χ1) is 11.9. The minimum absolute atomic E-state index is 0.0316. The molecule has 0 bridgehead atoms. The molecule has 0 spiro atoms. The predicted octanol–water partition coefficient (Wildman–Crippen LogP) is 1.79. The number of hydrogen-bond acceptors (Lipinski definition) is 5. The van der Waals surface area contributed by atoms with Gasteiger partial charge >= 0.3 is 5.97 Å². The molecule has 1 fully saturated rings. The Morgan fingerprint density at radius 1 is 1.44 bits per heavy atom. The van der Waals surface area contributed by atoms with Crippen LogP contribution in [0, 0.1) is 5.92 Å². The van der Waals surface area contributed by atoms with Crippen molar-refractivity contribution in [1.29, 1.82) is 0 Å². The highest BCUT2D eigenvalue weighted by molar-refractivity contribution is 5.99. The van der Waals surface area contributed by atoms with E-state index in [4.69, 9.17) is 9.47 Å². The average molecular weight is 348 g/mol. The number of amides is 1. The van der Waals surface area contributed by atoms with Crippen molar-refractivity contribution in [3.8, 4) is 11.6 Å². The Kier molecular flexibility index (Phi) is 4.43. The van der Waals surface area contributed by atoms with Gasteiger partial charge in [0.15, 0.2) is 6.17 Å². The van der Waals surface area contributed by atoms with Gasteiger partial charge in [-0.1, -0.05) is 6.92 Å². The predicted molar refractivity (Wildman–Crippen MR) is 86.7 cm³/mol. The number of nitrogens with one attached hydrogen (secondary N) is 1. The molecule has 1 aliphatic heterocycles. The fourth-order valence-corrected chi connectivity index (χ4v) is 2.82. The molecule has 3 rings (SSSR count). The van der Waals surface area contributed by atoms with Crippen molar-refractivity contribution in [2.45, 2.75) is 19.1 Å².